The summed E-state index contributed by atoms with van der Waals surface area (Å²) in [6.45, 7) is 2.85. The minimum Gasteiger partial charge on any atom is -0.369 e. The highest BCUT2D eigenvalue weighted by atomic mass is 16.5. The number of hydrogen-bond acceptors (Lipinski definition) is 5. The molecule has 1 aromatic carbocycles. The fraction of sp³-hybridized carbons (Fsp3) is 0.444. The summed E-state index contributed by atoms with van der Waals surface area (Å²) >= 11 is 0. The van der Waals surface area contributed by atoms with E-state index in [0.717, 1.165) is 18.4 Å². The van der Waals surface area contributed by atoms with Gasteiger partial charge in [-0.3, -0.25) is 9.59 Å². The minimum absolute atomic E-state index is 0.0216. The maximum absolute atomic E-state index is 12.4. The molecular weight excluding hydrogens is 320 g/mol. The lowest BCUT2D eigenvalue weighted by Gasteiger charge is -2.38. The van der Waals surface area contributed by atoms with Gasteiger partial charge in [-0.2, -0.15) is 4.98 Å². The van der Waals surface area contributed by atoms with Gasteiger partial charge in [-0.25, -0.2) is 0 Å². The number of nitrogens with two attached hydrogens (primary N) is 1. The van der Waals surface area contributed by atoms with Crippen LogP contribution in [0.2, 0.25) is 0 Å². The predicted octanol–water partition coefficient (Wildman–Crippen LogP) is 1.78. The molecule has 0 aliphatic carbocycles. The first kappa shape index (κ1) is 17.1. The first-order valence-electron chi connectivity index (χ1n) is 8.44. The van der Waals surface area contributed by atoms with Crippen LogP contribution in [0, 0.1) is 5.41 Å². The van der Waals surface area contributed by atoms with E-state index in [-0.39, 0.29) is 18.2 Å². The number of piperidine rings is 1. The quantitative estimate of drug-likeness (QED) is 0.892. The van der Waals surface area contributed by atoms with Crippen LogP contribution in [0.3, 0.4) is 0 Å². The van der Waals surface area contributed by atoms with Crippen molar-refractivity contribution in [2.45, 2.75) is 32.6 Å². The maximum atomic E-state index is 12.4. The van der Waals surface area contributed by atoms with Crippen molar-refractivity contribution in [1.29, 1.82) is 0 Å². The normalized spacial score (nSPS) is 20.4. The number of rotatable bonds is 5. The van der Waals surface area contributed by atoms with Crippen molar-refractivity contribution >= 4 is 11.8 Å². The van der Waals surface area contributed by atoms with Gasteiger partial charge in [0.1, 0.15) is 0 Å². The zero-order valence-corrected chi connectivity index (χ0v) is 14.3. The van der Waals surface area contributed by atoms with E-state index < -0.39 is 5.41 Å². The number of nitrogens with zero attached hydrogens (tertiary/aromatic N) is 3. The Morgan fingerprint density at radius 2 is 2.08 bits per heavy atom. The Kier molecular flexibility index (Phi) is 4.83. The highest BCUT2D eigenvalue weighted by Gasteiger charge is 2.37. The molecule has 2 N–H and O–H groups in total. The third-order valence-electron chi connectivity index (χ3n) is 4.70. The number of primary amides is 1. The molecule has 0 saturated carbocycles. The fourth-order valence-corrected chi connectivity index (χ4v) is 3.09. The van der Waals surface area contributed by atoms with Crippen molar-refractivity contribution in [3.05, 3.63) is 36.2 Å². The van der Waals surface area contributed by atoms with Crippen LogP contribution in [0.1, 0.15) is 32.1 Å². The lowest BCUT2D eigenvalue weighted by molar-refractivity contribution is -0.139. The zero-order chi connectivity index (χ0) is 17.9. The van der Waals surface area contributed by atoms with Gasteiger partial charge in [0.25, 0.3) is 0 Å². The number of aromatic nitrogens is 2. The molecule has 2 heterocycles. The molecule has 1 aromatic heterocycles. The molecule has 0 spiro atoms. The summed E-state index contributed by atoms with van der Waals surface area (Å²) in [5.74, 6) is 0.574. The molecule has 2 aromatic rings. The lowest BCUT2D eigenvalue weighted by Crippen LogP contribution is -2.50. The summed E-state index contributed by atoms with van der Waals surface area (Å²) in [7, 11) is 0. The predicted molar refractivity (Wildman–Crippen MR) is 91.2 cm³/mol. The van der Waals surface area contributed by atoms with Crippen molar-refractivity contribution in [1.82, 2.24) is 15.0 Å². The van der Waals surface area contributed by atoms with Gasteiger partial charge in [-0.15, -0.1) is 0 Å². The van der Waals surface area contributed by atoms with Gasteiger partial charge in [-0.05, 0) is 19.8 Å². The third-order valence-corrected chi connectivity index (χ3v) is 4.70. The SMILES string of the molecule is CC1(C(N)=O)CCCN(C(=O)CCc2nc(-c3ccccc3)no2)C1. The second-order valence-electron chi connectivity index (χ2n) is 6.72. The average molecular weight is 342 g/mol. The number of amides is 2. The Balaban J connectivity index is 1.58. The molecule has 132 valence electrons. The van der Waals surface area contributed by atoms with E-state index in [0.29, 0.717) is 31.2 Å². The number of benzene rings is 1. The lowest BCUT2D eigenvalue weighted by atomic mass is 9.81. The first-order valence-corrected chi connectivity index (χ1v) is 8.44. The Morgan fingerprint density at radius 3 is 2.80 bits per heavy atom. The van der Waals surface area contributed by atoms with E-state index >= 15 is 0 Å². The molecule has 7 heteroatoms. The Bertz CT molecular complexity index is 759. The van der Waals surface area contributed by atoms with Crippen LogP contribution in [0.5, 0.6) is 0 Å². The topological polar surface area (TPSA) is 102 Å². The molecule has 2 amide bonds. The largest absolute Gasteiger partial charge is 0.369 e. The molecule has 1 aliphatic heterocycles. The van der Waals surface area contributed by atoms with Crippen molar-refractivity contribution < 1.29 is 14.1 Å². The summed E-state index contributed by atoms with van der Waals surface area (Å²) < 4.78 is 5.23. The summed E-state index contributed by atoms with van der Waals surface area (Å²) in [5, 5.41) is 3.95. The van der Waals surface area contributed by atoms with Crippen LogP contribution in [-0.2, 0) is 16.0 Å². The highest BCUT2D eigenvalue weighted by Crippen LogP contribution is 2.29. The van der Waals surface area contributed by atoms with Crippen molar-refractivity contribution in [3.8, 4) is 11.4 Å². The van der Waals surface area contributed by atoms with Gasteiger partial charge in [-0.1, -0.05) is 35.5 Å². The summed E-state index contributed by atoms with van der Waals surface area (Å²) in [6, 6.07) is 9.53. The molecule has 0 radical (unpaired) electrons. The smallest absolute Gasteiger partial charge is 0.227 e. The Morgan fingerprint density at radius 1 is 1.32 bits per heavy atom. The van der Waals surface area contributed by atoms with Crippen LogP contribution in [0.4, 0.5) is 0 Å². The van der Waals surface area contributed by atoms with Crippen LogP contribution in [0.15, 0.2) is 34.9 Å². The number of carbonyl (C=O) groups excluding carboxylic acids is 2. The van der Waals surface area contributed by atoms with Crippen molar-refractivity contribution in [3.63, 3.8) is 0 Å². The summed E-state index contributed by atoms with van der Waals surface area (Å²) in [4.78, 5) is 30.1. The second kappa shape index (κ2) is 7.04. The maximum Gasteiger partial charge on any atom is 0.227 e. The molecule has 25 heavy (non-hydrogen) atoms. The minimum atomic E-state index is -0.640. The second-order valence-corrected chi connectivity index (χ2v) is 6.72. The summed E-state index contributed by atoms with van der Waals surface area (Å²) in [6.07, 6.45) is 2.15. The van der Waals surface area contributed by atoms with E-state index in [4.69, 9.17) is 10.3 Å². The molecule has 1 aliphatic rings. The van der Waals surface area contributed by atoms with Crippen LogP contribution >= 0.6 is 0 Å². The monoisotopic (exact) mass is 342 g/mol. The van der Waals surface area contributed by atoms with Gasteiger partial charge in [0.15, 0.2) is 0 Å². The molecule has 1 saturated heterocycles. The molecule has 1 atom stereocenters. The Hall–Kier alpha value is -2.70. The molecule has 1 unspecified atom stereocenters. The number of hydrogen-bond donors (Lipinski definition) is 1. The van der Waals surface area contributed by atoms with E-state index in [9.17, 15) is 9.59 Å². The number of likely N-dealkylation sites (tertiary alicyclic amines) is 1. The average Bonchev–Trinajstić information content (AvgIpc) is 3.09. The molecule has 7 nitrogen and oxygen atoms in total. The van der Waals surface area contributed by atoms with Crippen molar-refractivity contribution in [2.24, 2.45) is 11.1 Å². The highest BCUT2D eigenvalue weighted by molar-refractivity contribution is 5.83. The van der Waals surface area contributed by atoms with Crippen LogP contribution in [0.25, 0.3) is 11.4 Å². The van der Waals surface area contributed by atoms with E-state index in [1.807, 2.05) is 37.3 Å². The van der Waals surface area contributed by atoms with Gasteiger partial charge >= 0.3 is 0 Å². The standard InChI is InChI=1S/C18H22N4O3/c1-18(17(19)24)10-5-11-22(12-18)15(23)9-8-14-20-16(21-25-14)13-6-3-2-4-7-13/h2-4,6-7H,5,8-12H2,1H3,(H2,19,24). The zero-order valence-electron chi connectivity index (χ0n) is 14.3. The third kappa shape index (κ3) is 3.87. The van der Waals surface area contributed by atoms with E-state index in [2.05, 4.69) is 10.1 Å². The van der Waals surface area contributed by atoms with E-state index in [1.54, 1.807) is 4.90 Å². The summed E-state index contributed by atoms with van der Waals surface area (Å²) in [5.41, 5.74) is 5.71. The first-order chi connectivity index (χ1) is 12.0. The Labute approximate surface area is 146 Å². The fourth-order valence-electron chi connectivity index (χ4n) is 3.09. The van der Waals surface area contributed by atoms with Gasteiger partial charge in [0.2, 0.25) is 23.5 Å². The molecule has 1 fully saturated rings. The molecule has 3 rings (SSSR count). The van der Waals surface area contributed by atoms with Crippen LogP contribution < -0.4 is 5.73 Å². The van der Waals surface area contributed by atoms with Gasteiger partial charge < -0.3 is 15.2 Å². The van der Waals surface area contributed by atoms with E-state index in [1.165, 1.54) is 0 Å². The number of aryl methyl sites for hydroxylation is 1. The number of carbonyl (C=O) groups is 2. The molecule has 0 bridgehead atoms. The molecular formula is C18H22N4O3. The van der Waals surface area contributed by atoms with Crippen molar-refractivity contribution in [2.75, 3.05) is 13.1 Å². The van der Waals surface area contributed by atoms with Crippen LogP contribution in [-0.4, -0.2) is 39.9 Å². The van der Waals surface area contributed by atoms with Gasteiger partial charge in [0.05, 0.1) is 5.41 Å². The van der Waals surface area contributed by atoms with Gasteiger partial charge in [0, 0.05) is 31.5 Å².